The van der Waals surface area contributed by atoms with Crippen LogP contribution in [0.3, 0.4) is 0 Å². The molecule has 1 nitrogen and oxygen atoms in total. The molecule has 0 amide bonds. The third-order valence-corrected chi connectivity index (χ3v) is 3.29. The topological polar surface area (TPSA) is 12.0 Å². The predicted octanol–water partition coefficient (Wildman–Crippen LogP) is 3.15. The van der Waals surface area contributed by atoms with Crippen LogP contribution >= 0.6 is 0 Å². The van der Waals surface area contributed by atoms with Gasteiger partial charge in [-0.1, -0.05) is 44.2 Å². The zero-order valence-corrected chi connectivity index (χ0v) is 9.79. The molecule has 1 aromatic rings. The Kier molecular flexibility index (Phi) is 3.11. The van der Waals surface area contributed by atoms with Gasteiger partial charge in [-0.25, -0.2) is 0 Å². The van der Waals surface area contributed by atoms with Crippen LogP contribution in [0.5, 0.6) is 0 Å². The maximum atomic E-state index is 3.74. The fourth-order valence-corrected chi connectivity index (χ4v) is 2.57. The molecule has 0 aromatic heterocycles. The Bertz CT molecular complexity index is 298. The molecule has 0 unspecified atom stereocenters. The number of hydrogen-bond acceptors (Lipinski definition) is 1. The van der Waals surface area contributed by atoms with Gasteiger partial charge in [0.05, 0.1) is 0 Å². The highest BCUT2D eigenvalue weighted by atomic mass is 15.0. The molecule has 1 aliphatic carbocycles. The maximum absolute atomic E-state index is 3.74. The molecule has 2 rings (SSSR count). The maximum Gasteiger partial charge on any atom is 0.0224 e. The average molecular weight is 203 g/mol. The van der Waals surface area contributed by atoms with Gasteiger partial charge in [-0.2, -0.15) is 0 Å². The zero-order chi connectivity index (χ0) is 10.7. The molecular formula is C14H21N. The Morgan fingerprint density at radius 1 is 1.20 bits per heavy atom. The quantitative estimate of drug-likeness (QED) is 0.792. The minimum atomic E-state index is 0.398. The van der Waals surface area contributed by atoms with E-state index in [1.807, 2.05) is 0 Å². The molecule has 0 saturated heterocycles. The molecule has 82 valence electrons. The molecular weight excluding hydrogens is 182 g/mol. The second kappa shape index (κ2) is 4.36. The first-order valence-electron chi connectivity index (χ1n) is 6.02. The molecule has 1 heteroatoms. The summed E-state index contributed by atoms with van der Waals surface area (Å²) in [6, 6.07) is 11.4. The summed E-state index contributed by atoms with van der Waals surface area (Å²) in [5.41, 5.74) is 1.86. The first kappa shape index (κ1) is 10.7. The van der Waals surface area contributed by atoms with Crippen LogP contribution in [0.15, 0.2) is 30.3 Å². The number of nitrogens with one attached hydrogen (secondary N) is 1. The predicted molar refractivity (Wildman–Crippen MR) is 65.0 cm³/mol. The summed E-state index contributed by atoms with van der Waals surface area (Å²) in [5.74, 6) is 0. The summed E-state index contributed by atoms with van der Waals surface area (Å²) >= 11 is 0. The van der Waals surface area contributed by atoms with Crippen molar-refractivity contribution in [3.8, 4) is 0 Å². The highest BCUT2D eigenvalue weighted by molar-refractivity contribution is 5.19. The van der Waals surface area contributed by atoms with Crippen molar-refractivity contribution in [2.24, 2.45) is 0 Å². The molecule has 1 N–H and O–H groups in total. The largest absolute Gasteiger partial charge is 0.309 e. The molecule has 0 spiro atoms. The van der Waals surface area contributed by atoms with Gasteiger partial charge in [0.2, 0.25) is 0 Å². The van der Waals surface area contributed by atoms with E-state index in [1.54, 1.807) is 0 Å². The van der Waals surface area contributed by atoms with E-state index in [1.165, 1.54) is 31.2 Å². The molecule has 1 aromatic carbocycles. The number of hydrogen-bond donors (Lipinski definition) is 1. The van der Waals surface area contributed by atoms with Crippen LogP contribution in [0.25, 0.3) is 0 Å². The third kappa shape index (κ3) is 2.60. The van der Waals surface area contributed by atoms with Gasteiger partial charge < -0.3 is 5.32 Å². The summed E-state index contributed by atoms with van der Waals surface area (Å²) in [6.07, 6.45) is 5.23. The molecule has 0 bridgehead atoms. The Balaban J connectivity index is 2.02. The van der Waals surface area contributed by atoms with E-state index in [9.17, 15) is 0 Å². The van der Waals surface area contributed by atoms with Gasteiger partial charge in [-0.3, -0.25) is 0 Å². The van der Waals surface area contributed by atoms with E-state index in [-0.39, 0.29) is 0 Å². The molecule has 0 heterocycles. The fraction of sp³-hybridized carbons (Fsp3) is 0.571. The summed E-state index contributed by atoms with van der Waals surface area (Å²) in [6.45, 7) is 4.48. The van der Waals surface area contributed by atoms with Crippen LogP contribution in [0.4, 0.5) is 0 Å². The summed E-state index contributed by atoms with van der Waals surface area (Å²) < 4.78 is 0. The summed E-state index contributed by atoms with van der Waals surface area (Å²) in [7, 11) is 0. The molecule has 0 atom stereocenters. The van der Waals surface area contributed by atoms with Crippen LogP contribution in [-0.4, -0.2) is 11.6 Å². The van der Waals surface area contributed by atoms with E-state index in [0.29, 0.717) is 11.6 Å². The first-order chi connectivity index (χ1) is 7.20. The van der Waals surface area contributed by atoms with Crippen molar-refractivity contribution in [3.63, 3.8) is 0 Å². The van der Waals surface area contributed by atoms with Crippen molar-refractivity contribution in [2.75, 3.05) is 0 Å². The van der Waals surface area contributed by atoms with E-state index in [0.717, 1.165) is 0 Å². The number of benzene rings is 1. The van der Waals surface area contributed by atoms with Gasteiger partial charge >= 0.3 is 0 Å². The van der Waals surface area contributed by atoms with Crippen molar-refractivity contribution in [1.29, 1.82) is 0 Å². The molecule has 0 radical (unpaired) electrons. The molecule has 0 aliphatic heterocycles. The third-order valence-electron chi connectivity index (χ3n) is 3.29. The normalized spacial score (nSPS) is 18.9. The van der Waals surface area contributed by atoms with Crippen molar-refractivity contribution in [1.82, 2.24) is 5.32 Å². The summed E-state index contributed by atoms with van der Waals surface area (Å²) in [4.78, 5) is 0. The Labute approximate surface area is 92.9 Å². The highest BCUT2D eigenvalue weighted by Crippen LogP contribution is 2.35. The molecule has 15 heavy (non-hydrogen) atoms. The second-order valence-electron chi connectivity index (χ2n) is 5.10. The van der Waals surface area contributed by atoms with Crippen molar-refractivity contribution in [2.45, 2.75) is 51.1 Å². The van der Waals surface area contributed by atoms with Crippen LogP contribution in [0.1, 0.15) is 38.7 Å². The Hall–Kier alpha value is -0.820. The summed E-state index contributed by atoms with van der Waals surface area (Å²) in [5, 5.41) is 3.74. The Morgan fingerprint density at radius 3 is 2.33 bits per heavy atom. The molecule has 1 fully saturated rings. The van der Waals surface area contributed by atoms with Gasteiger partial charge in [0.25, 0.3) is 0 Å². The molecule has 1 saturated carbocycles. The lowest BCUT2D eigenvalue weighted by molar-refractivity contribution is 0.169. The molecule has 1 aliphatic rings. The first-order valence-corrected chi connectivity index (χ1v) is 6.02. The fourth-order valence-electron chi connectivity index (χ4n) is 2.57. The SMILES string of the molecule is CC(C)NC1(Cc2ccccc2)CCC1. The zero-order valence-electron chi connectivity index (χ0n) is 9.79. The lowest BCUT2D eigenvalue weighted by Crippen LogP contribution is -2.55. The van der Waals surface area contributed by atoms with Crippen molar-refractivity contribution < 1.29 is 0 Å². The van der Waals surface area contributed by atoms with Gasteiger partial charge in [0.15, 0.2) is 0 Å². The smallest absolute Gasteiger partial charge is 0.0224 e. The van der Waals surface area contributed by atoms with Crippen molar-refractivity contribution >= 4 is 0 Å². The Morgan fingerprint density at radius 2 is 1.87 bits per heavy atom. The van der Waals surface area contributed by atoms with Gasteiger partial charge in [-0.05, 0) is 31.2 Å². The number of rotatable bonds is 4. The average Bonchev–Trinajstić information content (AvgIpc) is 2.15. The minimum absolute atomic E-state index is 0.398. The standard InChI is InChI=1S/C14H21N/c1-12(2)15-14(9-6-10-14)11-13-7-4-3-5-8-13/h3-5,7-8,12,15H,6,9-11H2,1-2H3. The lowest BCUT2D eigenvalue weighted by atomic mass is 9.72. The van der Waals surface area contributed by atoms with Crippen LogP contribution in [0.2, 0.25) is 0 Å². The van der Waals surface area contributed by atoms with Gasteiger partial charge in [0, 0.05) is 11.6 Å². The van der Waals surface area contributed by atoms with E-state index in [4.69, 9.17) is 0 Å². The van der Waals surface area contributed by atoms with E-state index >= 15 is 0 Å². The van der Waals surface area contributed by atoms with Crippen LogP contribution in [0, 0.1) is 0 Å². The minimum Gasteiger partial charge on any atom is -0.309 e. The van der Waals surface area contributed by atoms with Gasteiger partial charge in [0.1, 0.15) is 0 Å². The highest BCUT2D eigenvalue weighted by Gasteiger charge is 2.36. The van der Waals surface area contributed by atoms with Crippen LogP contribution in [-0.2, 0) is 6.42 Å². The lowest BCUT2D eigenvalue weighted by Gasteiger charge is -2.44. The second-order valence-corrected chi connectivity index (χ2v) is 5.10. The monoisotopic (exact) mass is 203 g/mol. The van der Waals surface area contributed by atoms with E-state index < -0.39 is 0 Å². The van der Waals surface area contributed by atoms with Crippen molar-refractivity contribution in [3.05, 3.63) is 35.9 Å². The van der Waals surface area contributed by atoms with E-state index in [2.05, 4.69) is 49.5 Å². The van der Waals surface area contributed by atoms with Crippen LogP contribution < -0.4 is 5.32 Å². The van der Waals surface area contributed by atoms with Gasteiger partial charge in [-0.15, -0.1) is 0 Å².